The molecule has 19 heavy (non-hydrogen) atoms. The third-order valence-electron chi connectivity index (χ3n) is 2.94. The number of nitrogens with zero attached hydrogens (tertiary/aromatic N) is 1. The standard InChI is InChI=1S/C16H10BrNO/c17-14-6-7-15-12(9-14)8-13(10-18-15)16(19)11-4-2-1-3-5-11/h1-10H. The van der Waals surface area contributed by atoms with E-state index in [0.29, 0.717) is 11.1 Å². The van der Waals surface area contributed by atoms with Gasteiger partial charge in [-0.3, -0.25) is 9.78 Å². The minimum atomic E-state index is -0.00465. The van der Waals surface area contributed by atoms with Gasteiger partial charge in [-0.25, -0.2) is 0 Å². The van der Waals surface area contributed by atoms with Crippen molar-refractivity contribution in [3.63, 3.8) is 0 Å². The third kappa shape index (κ3) is 2.42. The molecule has 0 N–H and O–H groups in total. The van der Waals surface area contributed by atoms with Crippen molar-refractivity contribution < 1.29 is 4.79 Å². The summed E-state index contributed by atoms with van der Waals surface area (Å²) in [6.07, 6.45) is 1.63. The van der Waals surface area contributed by atoms with Gasteiger partial charge in [-0.1, -0.05) is 46.3 Å². The Morgan fingerprint density at radius 2 is 1.74 bits per heavy atom. The molecule has 0 saturated heterocycles. The molecule has 0 aliphatic carbocycles. The molecular formula is C16H10BrNO. The second-order valence-corrected chi connectivity index (χ2v) is 5.17. The smallest absolute Gasteiger partial charge is 0.194 e. The lowest BCUT2D eigenvalue weighted by molar-refractivity contribution is 0.103. The molecule has 0 spiro atoms. The highest BCUT2D eigenvalue weighted by molar-refractivity contribution is 9.10. The zero-order chi connectivity index (χ0) is 13.2. The molecular weight excluding hydrogens is 302 g/mol. The van der Waals surface area contributed by atoms with Gasteiger partial charge >= 0.3 is 0 Å². The van der Waals surface area contributed by atoms with Crippen LogP contribution in [0, 0.1) is 0 Å². The lowest BCUT2D eigenvalue weighted by atomic mass is 10.0. The predicted molar refractivity (Wildman–Crippen MR) is 79.3 cm³/mol. The highest BCUT2D eigenvalue weighted by Crippen LogP contribution is 2.20. The maximum atomic E-state index is 12.3. The van der Waals surface area contributed by atoms with E-state index in [1.54, 1.807) is 6.20 Å². The van der Waals surface area contributed by atoms with E-state index in [1.165, 1.54) is 0 Å². The fourth-order valence-corrected chi connectivity index (χ4v) is 2.36. The van der Waals surface area contributed by atoms with Crippen molar-refractivity contribution in [2.24, 2.45) is 0 Å². The number of rotatable bonds is 2. The van der Waals surface area contributed by atoms with Crippen LogP contribution in [-0.2, 0) is 0 Å². The first-order valence-corrected chi connectivity index (χ1v) is 6.68. The SMILES string of the molecule is O=C(c1ccccc1)c1cnc2ccc(Br)cc2c1. The molecule has 1 heterocycles. The fraction of sp³-hybridized carbons (Fsp3) is 0. The van der Waals surface area contributed by atoms with E-state index in [4.69, 9.17) is 0 Å². The summed E-state index contributed by atoms with van der Waals surface area (Å²) < 4.78 is 0.978. The van der Waals surface area contributed by atoms with E-state index in [0.717, 1.165) is 15.4 Å². The molecule has 2 nitrogen and oxygen atoms in total. The number of carbonyl (C=O) groups excluding carboxylic acids is 1. The largest absolute Gasteiger partial charge is 0.289 e. The zero-order valence-corrected chi connectivity index (χ0v) is 11.6. The topological polar surface area (TPSA) is 30.0 Å². The van der Waals surface area contributed by atoms with Crippen LogP contribution in [0.3, 0.4) is 0 Å². The van der Waals surface area contributed by atoms with Crippen molar-refractivity contribution in [2.45, 2.75) is 0 Å². The van der Waals surface area contributed by atoms with E-state index in [1.807, 2.05) is 54.6 Å². The van der Waals surface area contributed by atoms with Crippen molar-refractivity contribution in [1.82, 2.24) is 4.98 Å². The zero-order valence-electron chi connectivity index (χ0n) is 10.0. The summed E-state index contributed by atoms with van der Waals surface area (Å²) in [5, 5.41) is 0.955. The molecule has 3 heteroatoms. The van der Waals surface area contributed by atoms with Crippen LogP contribution in [0.25, 0.3) is 10.9 Å². The molecule has 2 aromatic carbocycles. The van der Waals surface area contributed by atoms with E-state index < -0.39 is 0 Å². The lowest BCUT2D eigenvalue weighted by Crippen LogP contribution is -2.01. The van der Waals surface area contributed by atoms with Crippen molar-refractivity contribution in [2.75, 3.05) is 0 Å². The predicted octanol–water partition coefficient (Wildman–Crippen LogP) is 4.23. The van der Waals surface area contributed by atoms with Crippen molar-refractivity contribution in [1.29, 1.82) is 0 Å². The van der Waals surface area contributed by atoms with Crippen molar-refractivity contribution in [3.8, 4) is 0 Å². The summed E-state index contributed by atoms with van der Waals surface area (Å²) >= 11 is 3.43. The molecule has 0 unspecified atom stereocenters. The number of fused-ring (bicyclic) bond motifs is 1. The quantitative estimate of drug-likeness (QED) is 0.663. The number of pyridine rings is 1. The average molecular weight is 312 g/mol. The van der Waals surface area contributed by atoms with Crippen LogP contribution < -0.4 is 0 Å². The Morgan fingerprint density at radius 1 is 0.947 bits per heavy atom. The van der Waals surface area contributed by atoms with Gasteiger partial charge in [0.1, 0.15) is 0 Å². The van der Waals surface area contributed by atoms with Crippen LogP contribution in [0.15, 0.2) is 65.3 Å². The van der Waals surface area contributed by atoms with E-state index in [2.05, 4.69) is 20.9 Å². The van der Waals surface area contributed by atoms with Crippen LogP contribution in [0.1, 0.15) is 15.9 Å². The molecule has 0 aliphatic rings. The minimum Gasteiger partial charge on any atom is -0.289 e. The number of hydrogen-bond acceptors (Lipinski definition) is 2. The molecule has 3 aromatic rings. The van der Waals surface area contributed by atoms with E-state index in [-0.39, 0.29) is 5.78 Å². The van der Waals surface area contributed by atoms with Gasteiger partial charge in [-0.15, -0.1) is 0 Å². The van der Waals surface area contributed by atoms with Gasteiger partial charge in [0.25, 0.3) is 0 Å². The van der Waals surface area contributed by atoms with Crippen molar-refractivity contribution >= 4 is 32.6 Å². The normalized spacial score (nSPS) is 10.6. The van der Waals surface area contributed by atoms with Gasteiger partial charge in [0.2, 0.25) is 0 Å². The summed E-state index contributed by atoms with van der Waals surface area (Å²) in [6, 6.07) is 16.9. The summed E-state index contributed by atoms with van der Waals surface area (Å²) in [6.45, 7) is 0. The fourth-order valence-electron chi connectivity index (χ4n) is 1.98. The van der Waals surface area contributed by atoms with Gasteiger partial charge in [0, 0.05) is 27.2 Å². The maximum Gasteiger partial charge on any atom is 0.194 e. The number of carbonyl (C=O) groups is 1. The number of ketones is 1. The highest BCUT2D eigenvalue weighted by Gasteiger charge is 2.09. The Balaban J connectivity index is 2.08. The molecule has 0 bridgehead atoms. The Bertz CT molecular complexity index is 753. The van der Waals surface area contributed by atoms with Crippen LogP contribution in [0.4, 0.5) is 0 Å². The second-order valence-electron chi connectivity index (χ2n) is 4.26. The number of halogens is 1. The second kappa shape index (κ2) is 4.94. The molecule has 0 radical (unpaired) electrons. The lowest BCUT2D eigenvalue weighted by Gasteiger charge is -2.03. The summed E-state index contributed by atoms with van der Waals surface area (Å²) in [7, 11) is 0. The highest BCUT2D eigenvalue weighted by atomic mass is 79.9. The minimum absolute atomic E-state index is 0.00465. The van der Waals surface area contributed by atoms with Gasteiger partial charge < -0.3 is 0 Å². The third-order valence-corrected chi connectivity index (χ3v) is 3.43. The van der Waals surface area contributed by atoms with Crippen LogP contribution in [0.5, 0.6) is 0 Å². The Kier molecular flexibility index (Phi) is 3.13. The molecule has 92 valence electrons. The number of aromatic nitrogens is 1. The van der Waals surface area contributed by atoms with Gasteiger partial charge in [-0.05, 0) is 24.3 Å². The molecule has 0 saturated carbocycles. The van der Waals surface area contributed by atoms with Crippen LogP contribution in [0.2, 0.25) is 0 Å². The molecule has 0 amide bonds. The average Bonchev–Trinajstić information content (AvgIpc) is 2.46. The molecule has 0 atom stereocenters. The first-order valence-electron chi connectivity index (χ1n) is 5.89. The van der Waals surface area contributed by atoms with Crippen LogP contribution in [-0.4, -0.2) is 10.8 Å². The summed E-state index contributed by atoms with van der Waals surface area (Å²) in [5.74, 6) is -0.00465. The first kappa shape index (κ1) is 12.1. The van der Waals surface area contributed by atoms with Gasteiger partial charge in [0.05, 0.1) is 5.52 Å². The van der Waals surface area contributed by atoms with E-state index >= 15 is 0 Å². The van der Waals surface area contributed by atoms with E-state index in [9.17, 15) is 4.79 Å². The van der Waals surface area contributed by atoms with Gasteiger partial charge in [0.15, 0.2) is 5.78 Å². The molecule has 0 aliphatic heterocycles. The number of hydrogen-bond donors (Lipinski definition) is 0. The number of benzene rings is 2. The summed E-state index contributed by atoms with van der Waals surface area (Å²) in [4.78, 5) is 16.7. The molecule has 1 aromatic heterocycles. The first-order chi connectivity index (χ1) is 9.24. The van der Waals surface area contributed by atoms with Crippen LogP contribution >= 0.6 is 15.9 Å². The van der Waals surface area contributed by atoms with Crippen molar-refractivity contribution in [3.05, 3.63) is 76.4 Å². The maximum absolute atomic E-state index is 12.3. The summed E-state index contributed by atoms with van der Waals surface area (Å²) in [5.41, 5.74) is 2.17. The Labute approximate surface area is 119 Å². The Hall–Kier alpha value is -2.00. The molecule has 0 fully saturated rings. The van der Waals surface area contributed by atoms with Gasteiger partial charge in [-0.2, -0.15) is 0 Å². The molecule has 3 rings (SSSR count). The monoisotopic (exact) mass is 311 g/mol. The Morgan fingerprint density at radius 3 is 2.53 bits per heavy atom.